The lowest BCUT2D eigenvalue weighted by molar-refractivity contribution is 0.0697. The van der Waals surface area contributed by atoms with E-state index >= 15 is 0 Å². The molecule has 1 heterocycles. The van der Waals surface area contributed by atoms with Gasteiger partial charge in [0.1, 0.15) is 0 Å². The smallest absolute Gasteiger partial charge is 0.335 e. The standard InChI is InChI=1S/C13H13NO2.C4H8/c1-3-11-5-4-9-7-10(13(15)16)6-8(2)12(9)14-11;1-4-2-3-4/h4-7H,3H2,1-2H3,(H,15,16);4H,2-3H2,1H3. The molecular weight excluding hydrogens is 250 g/mol. The van der Waals surface area contributed by atoms with Crippen LogP contribution in [0.25, 0.3) is 10.9 Å². The van der Waals surface area contributed by atoms with Crippen LogP contribution in [0.1, 0.15) is 48.3 Å². The molecule has 1 aliphatic carbocycles. The van der Waals surface area contributed by atoms with Gasteiger partial charge in [0.2, 0.25) is 0 Å². The number of carboxylic acids is 1. The van der Waals surface area contributed by atoms with E-state index in [9.17, 15) is 4.79 Å². The molecule has 0 spiro atoms. The lowest BCUT2D eigenvalue weighted by atomic mass is 10.1. The molecule has 1 aliphatic rings. The van der Waals surface area contributed by atoms with Gasteiger partial charge in [0.05, 0.1) is 11.1 Å². The number of rotatable bonds is 2. The number of aryl methyl sites for hydroxylation is 2. The Kier molecular flexibility index (Phi) is 4.38. The number of pyridine rings is 1. The summed E-state index contributed by atoms with van der Waals surface area (Å²) in [5.41, 5.74) is 3.14. The van der Waals surface area contributed by atoms with E-state index < -0.39 is 5.97 Å². The third-order valence-electron chi connectivity index (χ3n) is 3.52. The molecule has 3 rings (SSSR count). The molecule has 1 saturated carbocycles. The molecule has 1 N–H and O–H groups in total. The summed E-state index contributed by atoms with van der Waals surface area (Å²) in [4.78, 5) is 15.4. The van der Waals surface area contributed by atoms with E-state index in [4.69, 9.17) is 5.11 Å². The molecule has 0 saturated heterocycles. The Morgan fingerprint density at radius 1 is 1.35 bits per heavy atom. The monoisotopic (exact) mass is 271 g/mol. The van der Waals surface area contributed by atoms with Gasteiger partial charge < -0.3 is 5.11 Å². The van der Waals surface area contributed by atoms with Crippen LogP contribution < -0.4 is 0 Å². The molecule has 0 atom stereocenters. The van der Waals surface area contributed by atoms with Gasteiger partial charge in [-0.25, -0.2) is 4.79 Å². The summed E-state index contributed by atoms with van der Waals surface area (Å²) in [6.45, 7) is 6.22. The topological polar surface area (TPSA) is 50.2 Å². The second kappa shape index (κ2) is 6.04. The van der Waals surface area contributed by atoms with Gasteiger partial charge in [-0.2, -0.15) is 0 Å². The highest BCUT2D eigenvalue weighted by molar-refractivity contribution is 5.94. The van der Waals surface area contributed by atoms with Crippen LogP contribution in [0.4, 0.5) is 0 Å². The molecule has 1 fully saturated rings. The Morgan fingerprint density at radius 3 is 2.50 bits per heavy atom. The Balaban J connectivity index is 0.000000315. The van der Waals surface area contributed by atoms with Crippen LogP contribution in [0.3, 0.4) is 0 Å². The van der Waals surface area contributed by atoms with Gasteiger partial charge in [-0.3, -0.25) is 4.98 Å². The lowest BCUT2D eigenvalue weighted by Gasteiger charge is -2.05. The van der Waals surface area contributed by atoms with Crippen molar-refractivity contribution < 1.29 is 9.90 Å². The number of fused-ring (bicyclic) bond motifs is 1. The number of aromatic nitrogens is 1. The van der Waals surface area contributed by atoms with Gasteiger partial charge in [0.15, 0.2) is 0 Å². The second-order valence-corrected chi connectivity index (χ2v) is 5.51. The van der Waals surface area contributed by atoms with Gasteiger partial charge in [-0.1, -0.05) is 32.8 Å². The van der Waals surface area contributed by atoms with E-state index in [0.29, 0.717) is 5.56 Å². The molecule has 0 unspecified atom stereocenters. The fraction of sp³-hybridized carbons (Fsp3) is 0.412. The molecule has 3 nitrogen and oxygen atoms in total. The minimum atomic E-state index is -0.899. The maximum Gasteiger partial charge on any atom is 0.335 e. The molecule has 1 aromatic heterocycles. The van der Waals surface area contributed by atoms with Crippen LogP contribution in [-0.2, 0) is 6.42 Å². The van der Waals surface area contributed by atoms with Gasteiger partial charge >= 0.3 is 5.97 Å². The number of aromatic carboxylic acids is 1. The van der Waals surface area contributed by atoms with Crippen molar-refractivity contribution in [3.63, 3.8) is 0 Å². The fourth-order valence-electron chi connectivity index (χ4n) is 1.94. The van der Waals surface area contributed by atoms with Crippen molar-refractivity contribution in [2.75, 3.05) is 0 Å². The van der Waals surface area contributed by atoms with Crippen molar-refractivity contribution >= 4 is 16.9 Å². The van der Waals surface area contributed by atoms with Gasteiger partial charge in [-0.05, 0) is 43.0 Å². The Bertz CT molecular complexity index is 630. The minimum Gasteiger partial charge on any atom is -0.478 e. The first-order chi connectivity index (χ1) is 9.51. The Morgan fingerprint density at radius 2 is 2.00 bits per heavy atom. The quantitative estimate of drug-likeness (QED) is 0.889. The molecule has 0 radical (unpaired) electrons. The summed E-state index contributed by atoms with van der Waals surface area (Å²) in [5.74, 6) is 0.185. The molecule has 1 aromatic carbocycles. The zero-order valence-electron chi connectivity index (χ0n) is 12.3. The van der Waals surface area contributed by atoms with E-state index in [1.807, 2.05) is 19.1 Å². The van der Waals surface area contributed by atoms with E-state index in [1.165, 1.54) is 12.8 Å². The zero-order valence-corrected chi connectivity index (χ0v) is 12.3. The van der Waals surface area contributed by atoms with E-state index in [0.717, 1.165) is 34.5 Å². The van der Waals surface area contributed by atoms with Crippen molar-refractivity contribution in [2.24, 2.45) is 5.92 Å². The molecule has 3 heteroatoms. The summed E-state index contributed by atoms with van der Waals surface area (Å²) in [5, 5.41) is 9.83. The average Bonchev–Trinajstić information content (AvgIpc) is 3.21. The summed E-state index contributed by atoms with van der Waals surface area (Å²) >= 11 is 0. The Labute approximate surface area is 119 Å². The first-order valence-corrected chi connectivity index (χ1v) is 7.14. The normalized spacial score (nSPS) is 13.8. The van der Waals surface area contributed by atoms with Crippen LogP contribution in [0, 0.1) is 12.8 Å². The largest absolute Gasteiger partial charge is 0.478 e. The van der Waals surface area contributed by atoms with Gasteiger partial charge in [-0.15, -0.1) is 0 Å². The van der Waals surface area contributed by atoms with Crippen molar-refractivity contribution in [1.82, 2.24) is 4.98 Å². The van der Waals surface area contributed by atoms with Gasteiger partial charge in [0.25, 0.3) is 0 Å². The van der Waals surface area contributed by atoms with Crippen molar-refractivity contribution in [3.05, 3.63) is 41.1 Å². The van der Waals surface area contributed by atoms with E-state index in [1.54, 1.807) is 12.1 Å². The first kappa shape index (κ1) is 14.5. The number of carboxylic acid groups (broad SMARTS) is 1. The molecule has 0 amide bonds. The third-order valence-corrected chi connectivity index (χ3v) is 3.52. The predicted molar refractivity (Wildman–Crippen MR) is 81.2 cm³/mol. The lowest BCUT2D eigenvalue weighted by Crippen LogP contribution is -1.98. The average molecular weight is 271 g/mol. The van der Waals surface area contributed by atoms with Crippen LogP contribution in [0.5, 0.6) is 0 Å². The highest BCUT2D eigenvalue weighted by Crippen LogP contribution is 2.26. The molecule has 0 aliphatic heterocycles. The summed E-state index contributed by atoms with van der Waals surface area (Å²) < 4.78 is 0. The number of hydrogen-bond acceptors (Lipinski definition) is 2. The van der Waals surface area contributed by atoms with Crippen LogP contribution in [0.15, 0.2) is 24.3 Å². The molecule has 20 heavy (non-hydrogen) atoms. The second-order valence-electron chi connectivity index (χ2n) is 5.51. The zero-order chi connectivity index (χ0) is 14.7. The summed E-state index contributed by atoms with van der Waals surface area (Å²) in [6, 6.07) is 7.20. The van der Waals surface area contributed by atoms with Crippen molar-refractivity contribution in [1.29, 1.82) is 0 Å². The number of carbonyl (C=O) groups is 1. The van der Waals surface area contributed by atoms with Crippen molar-refractivity contribution in [3.8, 4) is 0 Å². The molecular formula is C17H21NO2. The van der Waals surface area contributed by atoms with E-state index in [2.05, 4.69) is 18.8 Å². The first-order valence-electron chi connectivity index (χ1n) is 7.14. The molecule has 106 valence electrons. The van der Waals surface area contributed by atoms with Crippen LogP contribution >= 0.6 is 0 Å². The SMILES string of the molecule is CC1CC1.CCc1ccc2cc(C(=O)O)cc(C)c2n1. The predicted octanol–water partition coefficient (Wildman–Crippen LogP) is 4.22. The Hall–Kier alpha value is -1.90. The highest BCUT2D eigenvalue weighted by atomic mass is 16.4. The van der Waals surface area contributed by atoms with Crippen molar-refractivity contribution in [2.45, 2.75) is 40.0 Å². The molecule has 2 aromatic rings. The number of nitrogens with zero attached hydrogens (tertiary/aromatic N) is 1. The third kappa shape index (κ3) is 3.56. The van der Waals surface area contributed by atoms with Gasteiger partial charge in [0, 0.05) is 11.1 Å². The van der Waals surface area contributed by atoms with E-state index in [-0.39, 0.29) is 0 Å². The summed E-state index contributed by atoms with van der Waals surface area (Å²) in [7, 11) is 0. The maximum atomic E-state index is 10.9. The summed E-state index contributed by atoms with van der Waals surface area (Å²) in [6.07, 6.45) is 3.86. The fourth-order valence-corrected chi connectivity index (χ4v) is 1.94. The van der Waals surface area contributed by atoms with Crippen LogP contribution in [0.2, 0.25) is 0 Å². The molecule has 0 bridgehead atoms. The van der Waals surface area contributed by atoms with Crippen LogP contribution in [-0.4, -0.2) is 16.1 Å². The highest BCUT2D eigenvalue weighted by Gasteiger charge is 2.12. The maximum absolute atomic E-state index is 10.9. The minimum absolute atomic E-state index is 0.316. The number of benzene rings is 1. The number of hydrogen-bond donors (Lipinski definition) is 1.